The van der Waals surface area contributed by atoms with Crippen molar-refractivity contribution in [3.63, 3.8) is 0 Å². The van der Waals surface area contributed by atoms with Crippen LogP contribution in [-0.4, -0.2) is 21.2 Å². The minimum Gasteiger partial charge on any atom is -0.313 e. The number of benzene rings is 5. The molecule has 5 aromatic carbocycles. The van der Waals surface area contributed by atoms with Gasteiger partial charge in [-0.05, 0) is 68.1 Å². The van der Waals surface area contributed by atoms with Crippen LogP contribution in [0.2, 0.25) is 0 Å². The van der Waals surface area contributed by atoms with Crippen LogP contribution >= 0.6 is 0 Å². The second kappa shape index (κ2) is 12.6. The SMILES string of the molecule is CC1CC=CC=C1c1nc(C/C=C\C=C(/CC=N)c2ccc3c4ccccc4c4ccccc4c3c2)nc(-c2ccccc2)n1. The maximum Gasteiger partial charge on any atom is 0.163 e. The van der Waals surface area contributed by atoms with Gasteiger partial charge in [0.15, 0.2) is 11.6 Å². The number of aromatic nitrogens is 3. The van der Waals surface area contributed by atoms with Crippen LogP contribution in [0.3, 0.4) is 0 Å². The molecule has 45 heavy (non-hydrogen) atoms. The number of rotatable bonds is 8. The van der Waals surface area contributed by atoms with Crippen LogP contribution in [0.25, 0.3) is 54.9 Å². The van der Waals surface area contributed by atoms with Gasteiger partial charge >= 0.3 is 0 Å². The van der Waals surface area contributed by atoms with Gasteiger partial charge in [0.05, 0.1) is 0 Å². The summed E-state index contributed by atoms with van der Waals surface area (Å²) in [4.78, 5) is 14.6. The molecule has 0 saturated heterocycles. The molecule has 1 aromatic heterocycles. The Morgan fingerprint density at radius 2 is 1.40 bits per heavy atom. The third-order valence-corrected chi connectivity index (χ3v) is 8.58. The molecule has 6 aromatic rings. The largest absolute Gasteiger partial charge is 0.313 e. The quantitative estimate of drug-likeness (QED) is 0.110. The fraction of sp³-hybridized carbons (Fsp3) is 0.122. The lowest BCUT2D eigenvalue weighted by molar-refractivity contribution is 0.743. The van der Waals surface area contributed by atoms with Crippen molar-refractivity contribution in [3.05, 3.63) is 151 Å². The Bertz CT molecular complexity index is 2130. The highest BCUT2D eigenvalue weighted by molar-refractivity contribution is 6.25. The van der Waals surface area contributed by atoms with Crippen molar-refractivity contribution in [1.29, 1.82) is 5.41 Å². The standard InChI is InChI=1S/C41H34N4/c1-28-13-5-7-17-32(28)41-44-39(43-40(45-41)30-15-3-2-4-16-30)22-12-6-14-29(25-26-42)31-23-24-37-35-20-9-8-18-33(35)34-19-10-11-21-36(34)38(37)27-31/h2-12,14-21,23-24,26-28,42H,13,22,25H2,1H3/b12-6-,29-14+,42-26?. The summed E-state index contributed by atoms with van der Waals surface area (Å²) in [5.41, 5.74) is 4.34. The Kier molecular flexibility index (Phi) is 7.94. The minimum absolute atomic E-state index is 0.355. The van der Waals surface area contributed by atoms with Gasteiger partial charge in [0, 0.05) is 24.0 Å². The molecular weight excluding hydrogens is 548 g/mol. The molecule has 7 rings (SSSR count). The number of hydrogen-bond acceptors (Lipinski definition) is 4. The van der Waals surface area contributed by atoms with E-state index in [9.17, 15) is 0 Å². The summed E-state index contributed by atoms with van der Waals surface area (Å²) in [5, 5.41) is 15.4. The summed E-state index contributed by atoms with van der Waals surface area (Å²) in [6.07, 6.45) is 16.3. The van der Waals surface area contributed by atoms with E-state index in [2.05, 4.69) is 110 Å². The van der Waals surface area contributed by atoms with Crippen LogP contribution in [0.5, 0.6) is 0 Å². The number of fused-ring (bicyclic) bond motifs is 6. The molecule has 1 aliphatic carbocycles. The van der Waals surface area contributed by atoms with Crippen LogP contribution in [0.15, 0.2) is 134 Å². The van der Waals surface area contributed by atoms with E-state index in [0.29, 0.717) is 24.6 Å². The third kappa shape index (κ3) is 5.75. The molecular formula is C41H34N4. The summed E-state index contributed by atoms with van der Waals surface area (Å²) >= 11 is 0. The summed E-state index contributed by atoms with van der Waals surface area (Å²) in [6.45, 7) is 2.22. The zero-order chi connectivity index (χ0) is 30.6. The Morgan fingerprint density at radius 3 is 2.09 bits per heavy atom. The van der Waals surface area contributed by atoms with E-state index >= 15 is 0 Å². The Morgan fingerprint density at radius 1 is 0.756 bits per heavy atom. The third-order valence-electron chi connectivity index (χ3n) is 8.58. The molecule has 4 heteroatoms. The molecule has 0 fully saturated rings. The molecule has 4 nitrogen and oxygen atoms in total. The fourth-order valence-corrected chi connectivity index (χ4v) is 6.25. The predicted molar refractivity (Wildman–Crippen MR) is 189 cm³/mol. The Labute approximate surface area is 263 Å². The van der Waals surface area contributed by atoms with Gasteiger partial charge in [-0.3, -0.25) is 0 Å². The van der Waals surface area contributed by atoms with Gasteiger partial charge < -0.3 is 5.41 Å². The van der Waals surface area contributed by atoms with E-state index in [-0.39, 0.29) is 0 Å². The molecule has 1 N–H and O–H groups in total. The number of hydrogen-bond donors (Lipinski definition) is 1. The molecule has 218 valence electrons. The molecule has 0 spiro atoms. The van der Waals surface area contributed by atoms with Crippen molar-refractivity contribution in [3.8, 4) is 11.4 Å². The first-order valence-corrected chi connectivity index (χ1v) is 15.6. The fourth-order valence-electron chi connectivity index (χ4n) is 6.25. The van der Waals surface area contributed by atoms with E-state index < -0.39 is 0 Å². The molecule has 0 aliphatic heterocycles. The molecule has 0 bridgehead atoms. The topological polar surface area (TPSA) is 62.5 Å². The van der Waals surface area contributed by atoms with Crippen molar-refractivity contribution in [2.24, 2.45) is 5.92 Å². The van der Waals surface area contributed by atoms with Crippen LogP contribution in [0, 0.1) is 11.3 Å². The van der Waals surface area contributed by atoms with Gasteiger partial charge in [0.2, 0.25) is 0 Å². The van der Waals surface area contributed by atoms with Gasteiger partial charge in [-0.1, -0.05) is 134 Å². The molecule has 0 saturated carbocycles. The highest BCUT2D eigenvalue weighted by atomic mass is 15.0. The lowest BCUT2D eigenvalue weighted by atomic mass is 9.91. The van der Waals surface area contributed by atoms with Gasteiger partial charge in [-0.15, -0.1) is 0 Å². The zero-order valence-electron chi connectivity index (χ0n) is 25.3. The number of allylic oxidation sites excluding steroid dienone is 8. The van der Waals surface area contributed by atoms with E-state index in [0.717, 1.165) is 40.3 Å². The van der Waals surface area contributed by atoms with Crippen LogP contribution < -0.4 is 0 Å². The summed E-state index contributed by atoms with van der Waals surface area (Å²) in [5.74, 6) is 2.54. The second-order valence-electron chi connectivity index (χ2n) is 11.5. The van der Waals surface area contributed by atoms with Crippen molar-refractivity contribution >= 4 is 49.7 Å². The predicted octanol–water partition coefficient (Wildman–Crippen LogP) is 10.2. The lowest BCUT2D eigenvalue weighted by Crippen LogP contribution is -2.09. The average Bonchev–Trinajstić information content (AvgIpc) is 3.10. The van der Waals surface area contributed by atoms with E-state index in [4.69, 9.17) is 20.4 Å². The first kappa shape index (κ1) is 28.3. The normalized spacial score (nSPS) is 15.3. The van der Waals surface area contributed by atoms with Crippen LogP contribution in [0.1, 0.15) is 37.0 Å². The molecule has 0 amide bonds. The second-order valence-corrected chi connectivity index (χ2v) is 11.5. The van der Waals surface area contributed by atoms with Crippen LogP contribution in [0.4, 0.5) is 0 Å². The summed E-state index contributed by atoms with van der Waals surface area (Å²) < 4.78 is 0. The average molecular weight is 583 g/mol. The Balaban J connectivity index is 1.23. The summed E-state index contributed by atoms with van der Waals surface area (Å²) in [6, 6.07) is 34.1. The molecule has 1 aliphatic rings. The lowest BCUT2D eigenvalue weighted by Gasteiger charge is -2.17. The maximum absolute atomic E-state index is 7.91. The first-order chi connectivity index (χ1) is 22.2. The minimum atomic E-state index is 0.355. The monoisotopic (exact) mass is 582 g/mol. The molecule has 1 heterocycles. The smallest absolute Gasteiger partial charge is 0.163 e. The molecule has 1 atom stereocenters. The Hall–Kier alpha value is -5.48. The van der Waals surface area contributed by atoms with Gasteiger partial charge in [0.1, 0.15) is 5.82 Å². The van der Waals surface area contributed by atoms with E-state index in [1.807, 2.05) is 30.3 Å². The van der Waals surface area contributed by atoms with Gasteiger partial charge in [-0.2, -0.15) is 0 Å². The highest BCUT2D eigenvalue weighted by Gasteiger charge is 2.17. The molecule has 0 radical (unpaired) electrons. The molecule has 1 unspecified atom stereocenters. The van der Waals surface area contributed by atoms with E-state index in [1.54, 1.807) is 0 Å². The van der Waals surface area contributed by atoms with Crippen molar-refractivity contribution in [2.45, 2.75) is 26.2 Å². The van der Waals surface area contributed by atoms with Crippen molar-refractivity contribution in [2.75, 3.05) is 0 Å². The number of nitrogens with one attached hydrogen (secondary N) is 1. The van der Waals surface area contributed by atoms with Gasteiger partial charge in [0.25, 0.3) is 0 Å². The maximum atomic E-state index is 7.91. The number of nitrogens with zero attached hydrogens (tertiary/aromatic N) is 3. The summed E-state index contributed by atoms with van der Waals surface area (Å²) in [7, 11) is 0. The van der Waals surface area contributed by atoms with E-state index in [1.165, 1.54) is 38.5 Å². The van der Waals surface area contributed by atoms with Gasteiger partial charge in [-0.25, -0.2) is 15.0 Å². The first-order valence-electron chi connectivity index (χ1n) is 15.6. The van der Waals surface area contributed by atoms with Crippen molar-refractivity contribution < 1.29 is 0 Å². The van der Waals surface area contributed by atoms with Crippen molar-refractivity contribution in [1.82, 2.24) is 15.0 Å². The zero-order valence-corrected chi connectivity index (χ0v) is 25.3. The highest BCUT2D eigenvalue weighted by Crippen LogP contribution is 2.36. The van der Waals surface area contributed by atoms with Crippen LogP contribution in [-0.2, 0) is 6.42 Å².